The first-order chi connectivity index (χ1) is 18.3. The highest BCUT2D eigenvalue weighted by Gasteiger charge is 2.39. The van der Waals surface area contributed by atoms with E-state index in [1.54, 1.807) is 39.0 Å². The number of ether oxygens (including phenoxy) is 2. The summed E-state index contributed by atoms with van der Waals surface area (Å²) >= 11 is 0. The fourth-order valence-electron chi connectivity index (χ4n) is 4.73. The van der Waals surface area contributed by atoms with Gasteiger partial charge in [0.05, 0.1) is 22.5 Å². The van der Waals surface area contributed by atoms with Gasteiger partial charge >= 0.3 is 11.9 Å². The van der Waals surface area contributed by atoms with Crippen molar-refractivity contribution in [3.05, 3.63) is 92.4 Å². The highest BCUT2D eigenvalue weighted by molar-refractivity contribution is 6.01. The first-order valence-electron chi connectivity index (χ1n) is 12.3. The molecule has 0 unspecified atom stereocenters. The number of rotatable bonds is 8. The van der Waals surface area contributed by atoms with Crippen LogP contribution in [0.1, 0.15) is 30.9 Å². The maximum Gasteiger partial charge on any atom is 0.336 e. The Labute approximate surface area is 220 Å². The van der Waals surface area contributed by atoms with Gasteiger partial charge in [0, 0.05) is 41.2 Å². The maximum absolute atomic E-state index is 13.5. The summed E-state index contributed by atoms with van der Waals surface area (Å²) in [5.41, 5.74) is 14.2. The predicted molar refractivity (Wildman–Crippen MR) is 144 cm³/mol. The third-order valence-corrected chi connectivity index (χ3v) is 6.42. The number of nitrogens with two attached hydrogens (primary N) is 2. The molecule has 2 aromatic carbocycles. The lowest BCUT2D eigenvalue weighted by Gasteiger charge is -2.30. The molecule has 0 saturated heterocycles. The summed E-state index contributed by atoms with van der Waals surface area (Å²) in [7, 11) is 0. The number of carbonyl (C=O) groups is 2. The summed E-state index contributed by atoms with van der Waals surface area (Å²) < 4.78 is 17.2. The molecule has 4 rings (SSSR count). The number of esters is 2. The van der Waals surface area contributed by atoms with Crippen LogP contribution in [0.25, 0.3) is 22.3 Å². The van der Waals surface area contributed by atoms with E-state index in [-0.39, 0.29) is 48.5 Å². The minimum absolute atomic E-state index is 0.0000460. The van der Waals surface area contributed by atoms with E-state index >= 15 is 0 Å². The molecule has 0 fully saturated rings. The van der Waals surface area contributed by atoms with Gasteiger partial charge in [-0.3, -0.25) is 4.79 Å². The van der Waals surface area contributed by atoms with Crippen molar-refractivity contribution in [2.75, 3.05) is 26.3 Å². The number of allylic oxidation sites excluding steroid dienone is 2. The van der Waals surface area contributed by atoms with Crippen LogP contribution in [0, 0.1) is 6.92 Å². The van der Waals surface area contributed by atoms with Gasteiger partial charge in [-0.05, 0) is 26.8 Å². The van der Waals surface area contributed by atoms with E-state index in [0.29, 0.717) is 33.7 Å². The second-order valence-electron chi connectivity index (χ2n) is 8.96. The van der Waals surface area contributed by atoms with Crippen molar-refractivity contribution in [2.45, 2.75) is 26.7 Å². The summed E-state index contributed by atoms with van der Waals surface area (Å²) in [6.45, 7) is 5.43. The second kappa shape index (κ2) is 11.5. The van der Waals surface area contributed by atoms with Gasteiger partial charge in [-0.1, -0.05) is 42.5 Å². The Morgan fingerprint density at radius 3 is 2.00 bits per heavy atom. The minimum Gasteiger partial charge on any atom is -0.461 e. The summed E-state index contributed by atoms with van der Waals surface area (Å²) in [6.07, 6.45) is 0. The van der Waals surface area contributed by atoms with Crippen LogP contribution >= 0.6 is 0 Å². The first-order valence-corrected chi connectivity index (χ1v) is 12.3. The van der Waals surface area contributed by atoms with Gasteiger partial charge in [0.2, 0.25) is 0 Å². The van der Waals surface area contributed by atoms with E-state index in [9.17, 15) is 14.4 Å². The van der Waals surface area contributed by atoms with Crippen LogP contribution in [-0.2, 0) is 19.1 Å². The summed E-state index contributed by atoms with van der Waals surface area (Å²) in [4.78, 5) is 40.1. The Hall–Kier alpha value is -4.21. The topological polar surface area (TPSA) is 147 Å². The fourth-order valence-corrected chi connectivity index (χ4v) is 4.73. The standard InChI is InChI=1S/C29H31N3O6/c1-16-25(33)21-11-7-10-20(27(21)38-26(16)19-8-5-4-6-9-19)24-22(28(34)36-14-12-30)17(2)32-18(3)23(24)29(35)37-15-13-31/h4-11,24,32H,12-15,30-31H2,1-3H3. The van der Waals surface area contributed by atoms with Crippen molar-refractivity contribution in [1.82, 2.24) is 5.32 Å². The van der Waals surface area contributed by atoms with Crippen LogP contribution in [0.4, 0.5) is 0 Å². The molecule has 1 aliphatic heterocycles. The average molecular weight is 518 g/mol. The third-order valence-electron chi connectivity index (χ3n) is 6.42. The van der Waals surface area contributed by atoms with E-state index in [4.69, 9.17) is 25.4 Å². The number of hydrogen-bond acceptors (Lipinski definition) is 9. The molecule has 0 saturated carbocycles. The van der Waals surface area contributed by atoms with E-state index in [0.717, 1.165) is 5.56 Å². The monoisotopic (exact) mass is 517 g/mol. The first kappa shape index (κ1) is 26.8. The molecule has 0 radical (unpaired) electrons. The Morgan fingerprint density at radius 2 is 1.45 bits per heavy atom. The molecular formula is C29H31N3O6. The van der Waals surface area contributed by atoms with Crippen LogP contribution in [0.5, 0.6) is 0 Å². The molecule has 0 atom stereocenters. The minimum atomic E-state index is -0.940. The lowest BCUT2D eigenvalue weighted by atomic mass is 9.79. The van der Waals surface area contributed by atoms with E-state index in [1.165, 1.54) is 0 Å². The number of para-hydroxylation sites is 1. The van der Waals surface area contributed by atoms with Gasteiger partial charge in [-0.25, -0.2) is 9.59 Å². The average Bonchev–Trinajstić information content (AvgIpc) is 2.92. The van der Waals surface area contributed by atoms with Gasteiger partial charge in [0.1, 0.15) is 24.6 Å². The quantitative estimate of drug-likeness (QED) is 0.384. The van der Waals surface area contributed by atoms with Gasteiger partial charge in [0.15, 0.2) is 5.43 Å². The molecule has 5 N–H and O–H groups in total. The normalized spacial score (nSPS) is 14.0. The predicted octanol–water partition coefficient (Wildman–Crippen LogP) is 3.01. The van der Waals surface area contributed by atoms with Crippen LogP contribution in [0.3, 0.4) is 0 Å². The van der Waals surface area contributed by atoms with Crippen molar-refractivity contribution in [2.24, 2.45) is 11.5 Å². The zero-order valence-electron chi connectivity index (χ0n) is 21.6. The maximum atomic E-state index is 13.5. The van der Waals surface area contributed by atoms with E-state index < -0.39 is 17.9 Å². The molecule has 0 bridgehead atoms. The summed E-state index contributed by atoms with van der Waals surface area (Å²) in [5, 5.41) is 3.43. The van der Waals surface area contributed by atoms with Crippen molar-refractivity contribution in [3.8, 4) is 11.3 Å². The Morgan fingerprint density at radius 1 is 0.868 bits per heavy atom. The fraction of sp³-hybridized carbons (Fsp3) is 0.276. The summed E-state index contributed by atoms with van der Waals surface area (Å²) in [5.74, 6) is -1.82. The molecule has 0 amide bonds. The number of hydrogen-bond donors (Lipinski definition) is 3. The van der Waals surface area contributed by atoms with Crippen molar-refractivity contribution in [1.29, 1.82) is 0 Å². The number of fused-ring (bicyclic) bond motifs is 1. The van der Waals surface area contributed by atoms with Crippen LogP contribution in [-0.4, -0.2) is 38.2 Å². The molecule has 9 nitrogen and oxygen atoms in total. The number of nitrogens with one attached hydrogen (secondary N) is 1. The lowest BCUT2D eigenvalue weighted by Crippen LogP contribution is -2.33. The van der Waals surface area contributed by atoms with Crippen LogP contribution in [0.15, 0.2) is 80.3 Å². The Balaban J connectivity index is 2.02. The molecular weight excluding hydrogens is 486 g/mol. The molecule has 2 heterocycles. The van der Waals surface area contributed by atoms with Gasteiger partial charge in [-0.15, -0.1) is 0 Å². The second-order valence-corrected chi connectivity index (χ2v) is 8.96. The molecule has 1 aliphatic rings. The van der Waals surface area contributed by atoms with Crippen molar-refractivity contribution < 1.29 is 23.5 Å². The molecule has 9 heteroatoms. The SMILES string of the molecule is CC1=C(C(=O)OCCN)C(c2cccc3c(=O)c(C)c(-c4ccccc4)oc23)C(C(=O)OCCN)=C(C)N1. The molecule has 1 aromatic heterocycles. The molecule has 3 aromatic rings. The Bertz CT molecular complexity index is 1460. The van der Waals surface area contributed by atoms with E-state index in [1.807, 2.05) is 30.3 Å². The third kappa shape index (κ3) is 4.98. The summed E-state index contributed by atoms with van der Waals surface area (Å²) in [6, 6.07) is 14.4. The Kier molecular flexibility index (Phi) is 8.09. The van der Waals surface area contributed by atoms with E-state index in [2.05, 4.69) is 5.32 Å². The molecule has 0 aliphatic carbocycles. The lowest BCUT2D eigenvalue weighted by molar-refractivity contribution is -0.139. The highest BCUT2D eigenvalue weighted by atomic mass is 16.5. The number of benzene rings is 2. The molecule has 198 valence electrons. The van der Waals surface area contributed by atoms with Crippen molar-refractivity contribution >= 4 is 22.9 Å². The molecule has 0 spiro atoms. The number of dihydropyridines is 1. The van der Waals surface area contributed by atoms with Crippen molar-refractivity contribution in [3.63, 3.8) is 0 Å². The largest absolute Gasteiger partial charge is 0.461 e. The smallest absolute Gasteiger partial charge is 0.336 e. The zero-order chi connectivity index (χ0) is 27.4. The van der Waals surface area contributed by atoms with Crippen LogP contribution < -0.4 is 22.2 Å². The van der Waals surface area contributed by atoms with Gasteiger partial charge < -0.3 is 30.7 Å². The number of carbonyl (C=O) groups excluding carboxylic acids is 2. The highest BCUT2D eigenvalue weighted by Crippen LogP contribution is 2.42. The molecule has 38 heavy (non-hydrogen) atoms. The van der Waals surface area contributed by atoms with Gasteiger partial charge in [0.25, 0.3) is 0 Å². The zero-order valence-corrected chi connectivity index (χ0v) is 21.6. The van der Waals surface area contributed by atoms with Gasteiger partial charge in [-0.2, -0.15) is 0 Å². The van der Waals surface area contributed by atoms with Crippen LogP contribution in [0.2, 0.25) is 0 Å².